The molecule has 0 saturated carbocycles. The molecule has 4 rings (SSSR count). The zero-order chi connectivity index (χ0) is 17.4. The minimum absolute atomic E-state index is 0.120. The molecule has 2 aliphatic heterocycles. The van der Waals surface area contributed by atoms with Crippen molar-refractivity contribution in [3.63, 3.8) is 0 Å². The third kappa shape index (κ3) is 3.25. The van der Waals surface area contributed by atoms with Gasteiger partial charge < -0.3 is 9.47 Å². The Balaban J connectivity index is 1.40. The van der Waals surface area contributed by atoms with Gasteiger partial charge in [0.2, 0.25) is 5.91 Å². The predicted octanol–water partition coefficient (Wildman–Crippen LogP) is 2.40. The molecule has 2 fully saturated rings. The maximum absolute atomic E-state index is 13.5. The van der Waals surface area contributed by atoms with Crippen molar-refractivity contribution in [3.05, 3.63) is 30.1 Å². The molecule has 1 atom stereocenters. The van der Waals surface area contributed by atoms with Crippen LogP contribution in [0.1, 0.15) is 25.7 Å². The van der Waals surface area contributed by atoms with Gasteiger partial charge in [-0.25, -0.2) is 13.8 Å². The summed E-state index contributed by atoms with van der Waals surface area (Å²) in [4.78, 5) is 21.1. The predicted molar refractivity (Wildman–Crippen MR) is 90.1 cm³/mol. The number of hydrogen-bond donors (Lipinski definition) is 0. The Kier molecular flexibility index (Phi) is 4.41. The van der Waals surface area contributed by atoms with Gasteiger partial charge in [0.25, 0.3) is 0 Å². The van der Waals surface area contributed by atoms with Gasteiger partial charge in [-0.2, -0.15) is 0 Å². The molecule has 1 amide bonds. The van der Waals surface area contributed by atoms with E-state index in [0.717, 1.165) is 38.3 Å². The van der Waals surface area contributed by atoms with Crippen molar-refractivity contribution in [2.24, 2.45) is 0 Å². The van der Waals surface area contributed by atoms with E-state index in [-0.39, 0.29) is 5.91 Å². The minimum atomic E-state index is -0.904. The van der Waals surface area contributed by atoms with Gasteiger partial charge in [0.1, 0.15) is 0 Å². The normalized spacial score (nSPS) is 21.5. The lowest BCUT2D eigenvalue weighted by atomic mass is 9.99. The second-order valence-corrected chi connectivity index (χ2v) is 6.97. The lowest BCUT2D eigenvalue weighted by Gasteiger charge is -2.44. The van der Waals surface area contributed by atoms with Crippen LogP contribution in [0.3, 0.4) is 0 Å². The van der Waals surface area contributed by atoms with Crippen LogP contribution in [0.15, 0.2) is 18.5 Å². The first-order valence-corrected chi connectivity index (χ1v) is 8.93. The molecule has 7 heteroatoms. The van der Waals surface area contributed by atoms with Crippen LogP contribution in [0.2, 0.25) is 0 Å². The van der Waals surface area contributed by atoms with Gasteiger partial charge in [-0.1, -0.05) is 6.42 Å². The molecule has 1 aromatic carbocycles. The number of carbonyl (C=O) groups is 1. The Morgan fingerprint density at radius 1 is 1.16 bits per heavy atom. The van der Waals surface area contributed by atoms with Crippen LogP contribution in [-0.2, 0) is 11.3 Å². The number of piperidine rings is 1. The van der Waals surface area contributed by atoms with E-state index in [4.69, 9.17) is 0 Å². The van der Waals surface area contributed by atoms with Crippen LogP contribution in [0.25, 0.3) is 11.0 Å². The summed E-state index contributed by atoms with van der Waals surface area (Å²) in [7, 11) is 0. The molecule has 0 N–H and O–H groups in total. The molecule has 0 unspecified atom stereocenters. The first-order chi connectivity index (χ1) is 12.1. The zero-order valence-corrected chi connectivity index (χ0v) is 14.1. The van der Waals surface area contributed by atoms with Crippen molar-refractivity contribution >= 4 is 16.9 Å². The SMILES string of the molecule is O=C(CCn1cnc2cc(F)c(F)cc21)N1CCN2CCCC[C@H]2C1. The summed E-state index contributed by atoms with van der Waals surface area (Å²) in [6.07, 6.45) is 5.55. The van der Waals surface area contributed by atoms with Gasteiger partial charge in [0.05, 0.1) is 17.4 Å². The lowest BCUT2D eigenvalue weighted by Crippen LogP contribution is -2.56. The van der Waals surface area contributed by atoms with E-state index in [2.05, 4.69) is 9.88 Å². The first-order valence-electron chi connectivity index (χ1n) is 8.93. The number of amides is 1. The van der Waals surface area contributed by atoms with Gasteiger partial charge in [-0.15, -0.1) is 0 Å². The molecule has 134 valence electrons. The maximum atomic E-state index is 13.5. The second kappa shape index (κ2) is 6.71. The van der Waals surface area contributed by atoms with Crippen LogP contribution < -0.4 is 0 Å². The molecule has 0 spiro atoms. The molecule has 0 radical (unpaired) electrons. The van der Waals surface area contributed by atoms with Gasteiger partial charge in [-0.05, 0) is 19.4 Å². The number of imidazole rings is 1. The van der Waals surface area contributed by atoms with Crippen molar-refractivity contribution in [1.82, 2.24) is 19.4 Å². The summed E-state index contributed by atoms with van der Waals surface area (Å²) in [6.45, 7) is 4.11. The molecular weight excluding hydrogens is 326 g/mol. The quantitative estimate of drug-likeness (QED) is 0.855. The Morgan fingerprint density at radius 2 is 2.00 bits per heavy atom. The van der Waals surface area contributed by atoms with E-state index in [1.807, 2.05) is 4.90 Å². The Labute approximate surface area is 145 Å². The zero-order valence-electron chi connectivity index (χ0n) is 14.1. The molecule has 2 aromatic rings. The van der Waals surface area contributed by atoms with Crippen LogP contribution in [0.4, 0.5) is 8.78 Å². The van der Waals surface area contributed by atoms with Crippen molar-refractivity contribution in [1.29, 1.82) is 0 Å². The van der Waals surface area contributed by atoms with E-state index in [9.17, 15) is 13.6 Å². The number of benzene rings is 1. The fourth-order valence-electron chi connectivity index (χ4n) is 3.99. The van der Waals surface area contributed by atoms with E-state index in [1.54, 1.807) is 4.57 Å². The van der Waals surface area contributed by atoms with Crippen LogP contribution in [-0.4, -0.2) is 57.5 Å². The number of halogens is 2. The van der Waals surface area contributed by atoms with E-state index < -0.39 is 11.6 Å². The number of fused-ring (bicyclic) bond motifs is 2. The average Bonchev–Trinajstić information content (AvgIpc) is 3.01. The van der Waals surface area contributed by atoms with E-state index >= 15 is 0 Å². The lowest BCUT2D eigenvalue weighted by molar-refractivity contribution is -0.135. The largest absolute Gasteiger partial charge is 0.340 e. The van der Waals surface area contributed by atoms with E-state index in [0.29, 0.717) is 30.0 Å². The molecule has 2 saturated heterocycles. The summed E-state index contributed by atoms with van der Waals surface area (Å²) in [5, 5.41) is 0. The summed E-state index contributed by atoms with van der Waals surface area (Å²) in [5.41, 5.74) is 0.922. The van der Waals surface area contributed by atoms with Crippen LogP contribution in [0.5, 0.6) is 0 Å². The molecule has 2 aliphatic rings. The van der Waals surface area contributed by atoms with E-state index in [1.165, 1.54) is 25.6 Å². The molecule has 3 heterocycles. The highest BCUT2D eigenvalue weighted by Crippen LogP contribution is 2.22. The number of rotatable bonds is 3. The highest BCUT2D eigenvalue weighted by Gasteiger charge is 2.30. The summed E-state index contributed by atoms with van der Waals surface area (Å²) < 4.78 is 28.4. The smallest absolute Gasteiger partial charge is 0.224 e. The molecular formula is C18H22F2N4O. The number of hydrogen-bond acceptors (Lipinski definition) is 3. The van der Waals surface area contributed by atoms with Gasteiger partial charge in [0, 0.05) is 50.8 Å². The number of piperazine rings is 1. The number of nitrogens with zero attached hydrogens (tertiary/aromatic N) is 4. The Hall–Kier alpha value is -2.02. The summed E-state index contributed by atoms with van der Waals surface area (Å²) in [5.74, 6) is -1.68. The van der Waals surface area contributed by atoms with Crippen LogP contribution in [0, 0.1) is 11.6 Å². The Morgan fingerprint density at radius 3 is 2.88 bits per heavy atom. The average molecular weight is 348 g/mol. The van der Waals surface area contributed by atoms with Gasteiger partial charge in [-0.3, -0.25) is 9.69 Å². The number of carbonyl (C=O) groups excluding carboxylic acids is 1. The summed E-state index contributed by atoms with van der Waals surface area (Å²) in [6, 6.07) is 2.73. The monoisotopic (exact) mass is 348 g/mol. The van der Waals surface area contributed by atoms with Crippen LogP contribution >= 0.6 is 0 Å². The first kappa shape index (κ1) is 16.4. The Bertz CT molecular complexity index is 791. The van der Waals surface area contributed by atoms with Crippen molar-refractivity contribution in [2.45, 2.75) is 38.3 Å². The van der Waals surface area contributed by atoms with Crippen molar-refractivity contribution in [2.75, 3.05) is 26.2 Å². The van der Waals surface area contributed by atoms with Gasteiger partial charge in [0.15, 0.2) is 11.6 Å². The van der Waals surface area contributed by atoms with Crippen molar-refractivity contribution < 1.29 is 13.6 Å². The standard InChI is InChI=1S/C18H22F2N4O/c19-14-9-16-17(10-15(14)20)24(12-21-16)6-4-18(25)23-8-7-22-5-2-1-3-13(22)11-23/h9-10,12-13H,1-8,11H2/t13-/m0/s1. The molecule has 0 bridgehead atoms. The van der Waals surface area contributed by atoms with Crippen molar-refractivity contribution in [3.8, 4) is 0 Å². The maximum Gasteiger partial charge on any atom is 0.224 e. The van der Waals surface area contributed by atoms with Gasteiger partial charge >= 0.3 is 0 Å². The molecule has 0 aliphatic carbocycles. The highest BCUT2D eigenvalue weighted by molar-refractivity contribution is 5.78. The highest BCUT2D eigenvalue weighted by atomic mass is 19.2. The minimum Gasteiger partial charge on any atom is -0.340 e. The second-order valence-electron chi connectivity index (χ2n) is 6.97. The fourth-order valence-corrected chi connectivity index (χ4v) is 3.99. The number of aromatic nitrogens is 2. The molecule has 5 nitrogen and oxygen atoms in total. The number of aryl methyl sites for hydroxylation is 1. The summed E-state index contributed by atoms with van der Waals surface area (Å²) >= 11 is 0. The molecule has 1 aromatic heterocycles. The topological polar surface area (TPSA) is 41.4 Å². The molecule has 25 heavy (non-hydrogen) atoms. The third-order valence-electron chi connectivity index (χ3n) is 5.42. The fraction of sp³-hybridized carbons (Fsp3) is 0.556. The third-order valence-corrected chi connectivity index (χ3v) is 5.42.